The molecule has 2 heterocycles. The Balaban J connectivity index is 1.35. The van der Waals surface area contributed by atoms with E-state index in [-0.39, 0.29) is 24.2 Å². The third-order valence-electron chi connectivity index (χ3n) is 5.21. The maximum atomic E-state index is 12.7. The molecule has 1 N–H and O–H groups in total. The highest BCUT2D eigenvalue weighted by atomic mass is 16.3. The van der Waals surface area contributed by atoms with Crippen molar-refractivity contribution in [2.45, 2.75) is 6.42 Å². The lowest BCUT2D eigenvalue weighted by atomic mass is 10.1. The predicted octanol–water partition coefficient (Wildman–Crippen LogP) is 4.58. The summed E-state index contributed by atoms with van der Waals surface area (Å²) in [5.74, 6) is -0.555. The van der Waals surface area contributed by atoms with E-state index in [0.717, 1.165) is 27.6 Å². The lowest BCUT2D eigenvalue weighted by molar-refractivity contribution is -0.122. The van der Waals surface area contributed by atoms with Crippen molar-refractivity contribution in [2.75, 3.05) is 16.8 Å². The zero-order chi connectivity index (χ0) is 19.1. The number of anilines is 2. The van der Waals surface area contributed by atoms with Gasteiger partial charge in [0.1, 0.15) is 11.2 Å². The molecule has 5 rings (SSSR count). The molecule has 4 aromatic rings. The molecule has 3 aromatic carbocycles. The number of rotatable bonds is 3. The average molecular weight is 370 g/mol. The Bertz CT molecular complexity index is 1200. The van der Waals surface area contributed by atoms with Gasteiger partial charge in [0.05, 0.1) is 5.92 Å². The summed E-state index contributed by atoms with van der Waals surface area (Å²) in [6, 6.07) is 22.9. The fraction of sp³-hybridized carbons (Fsp3) is 0.130. The first-order valence-corrected chi connectivity index (χ1v) is 9.26. The van der Waals surface area contributed by atoms with Crippen LogP contribution >= 0.6 is 0 Å². The Hall–Kier alpha value is -3.60. The van der Waals surface area contributed by atoms with Crippen LogP contribution in [-0.4, -0.2) is 18.4 Å². The molecule has 28 heavy (non-hydrogen) atoms. The molecule has 1 aliphatic heterocycles. The number of carbonyl (C=O) groups is 2. The summed E-state index contributed by atoms with van der Waals surface area (Å²) in [4.78, 5) is 26.7. The number of para-hydroxylation sites is 2. The van der Waals surface area contributed by atoms with Gasteiger partial charge in [-0.3, -0.25) is 9.59 Å². The van der Waals surface area contributed by atoms with Gasteiger partial charge in [-0.1, -0.05) is 36.4 Å². The minimum absolute atomic E-state index is 0.0286. The topological polar surface area (TPSA) is 62.6 Å². The lowest BCUT2D eigenvalue weighted by Gasteiger charge is -2.16. The van der Waals surface area contributed by atoms with Crippen molar-refractivity contribution in [3.05, 3.63) is 72.8 Å². The highest BCUT2D eigenvalue weighted by Gasteiger charge is 2.35. The third kappa shape index (κ3) is 2.81. The van der Waals surface area contributed by atoms with Gasteiger partial charge in [-0.05, 0) is 30.3 Å². The second-order valence-electron chi connectivity index (χ2n) is 7.04. The normalized spacial score (nSPS) is 16.8. The summed E-state index contributed by atoms with van der Waals surface area (Å²) >= 11 is 0. The van der Waals surface area contributed by atoms with Crippen LogP contribution in [0.2, 0.25) is 0 Å². The third-order valence-corrected chi connectivity index (χ3v) is 5.21. The van der Waals surface area contributed by atoms with Crippen LogP contribution in [0.1, 0.15) is 6.42 Å². The van der Waals surface area contributed by atoms with Crippen LogP contribution in [0.15, 0.2) is 77.2 Å². The summed E-state index contributed by atoms with van der Waals surface area (Å²) < 4.78 is 5.88. The van der Waals surface area contributed by atoms with E-state index in [2.05, 4.69) is 5.32 Å². The minimum Gasteiger partial charge on any atom is -0.456 e. The van der Waals surface area contributed by atoms with Crippen molar-refractivity contribution in [3.63, 3.8) is 0 Å². The van der Waals surface area contributed by atoms with Gasteiger partial charge in [-0.2, -0.15) is 0 Å². The van der Waals surface area contributed by atoms with Crippen molar-refractivity contribution < 1.29 is 14.0 Å². The van der Waals surface area contributed by atoms with Crippen LogP contribution in [0.3, 0.4) is 0 Å². The van der Waals surface area contributed by atoms with Crippen molar-refractivity contribution in [1.82, 2.24) is 0 Å². The molecule has 5 nitrogen and oxygen atoms in total. The second-order valence-corrected chi connectivity index (χ2v) is 7.04. The maximum absolute atomic E-state index is 12.7. The first-order valence-electron chi connectivity index (χ1n) is 9.26. The molecular weight excluding hydrogens is 352 g/mol. The molecule has 0 aliphatic carbocycles. The van der Waals surface area contributed by atoms with E-state index in [9.17, 15) is 9.59 Å². The summed E-state index contributed by atoms with van der Waals surface area (Å²) in [6.07, 6.45) is 0.216. The van der Waals surface area contributed by atoms with Gasteiger partial charge >= 0.3 is 0 Å². The molecule has 0 spiro atoms. The molecule has 0 bridgehead atoms. The molecule has 0 unspecified atom stereocenters. The number of carbonyl (C=O) groups excluding carboxylic acids is 2. The molecule has 2 amide bonds. The minimum atomic E-state index is -0.376. The Morgan fingerprint density at radius 3 is 2.54 bits per heavy atom. The van der Waals surface area contributed by atoms with E-state index in [1.54, 1.807) is 4.90 Å². The molecule has 0 radical (unpaired) electrons. The van der Waals surface area contributed by atoms with Gasteiger partial charge in [0, 0.05) is 41.2 Å². The van der Waals surface area contributed by atoms with Crippen molar-refractivity contribution in [1.29, 1.82) is 0 Å². The summed E-state index contributed by atoms with van der Waals surface area (Å²) in [5.41, 5.74) is 3.04. The predicted molar refractivity (Wildman–Crippen MR) is 109 cm³/mol. The molecule has 1 saturated heterocycles. The monoisotopic (exact) mass is 370 g/mol. The SMILES string of the molecule is O=C(Nc1ccc2c(c1)oc1ccccc12)[C@@H]1CC(=O)N(c2ccccc2)C1. The summed E-state index contributed by atoms with van der Waals surface area (Å²) in [5, 5.41) is 5.00. The number of amides is 2. The van der Waals surface area contributed by atoms with Crippen LogP contribution in [0.5, 0.6) is 0 Å². The van der Waals surface area contributed by atoms with E-state index < -0.39 is 0 Å². The van der Waals surface area contributed by atoms with Crippen LogP contribution in [0.25, 0.3) is 21.9 Å². The molecule has 1 aliphatic rings. The second kappa shape index (κ2) is 6.53. The molecule has 138 valence electrons. The van der Waals surface area contributed by atoms with Crippen molar-refractivity contribution >= 4 is 45.1 Å². The van der Waals surface area contributed by atoms with E-state index >= 15 is 0 Å². The first kappa shape index (κ1) is 16.6. The van der Waals surface area contributed by atoms with E-state index in [1.165, 1.54) is 0 Å². The van der Waals surface area contributed by atoms with E-state index in [4.69, 9.17) is 4.42 Å². The van der Waals surface area contributed by atoms with Gasteiger partial charge in [0.15, 0.2) is 0 Å². The number of benzene rings is 3. The van der Waals surface area contributed by atoms with Crippen LogP contribution in [0, 0.1) is 5.92 Å². The summed E-state index contributed by atoms with van der Waals surface area (Å²) in [6.45, 7) is 0.390. The van der Waals surface area contributed by atoms with Crippen LogP contribution in [0.4, 0.5) is 11.4 Å². The number of nitrogens with one attached hydrogen (secondary N) is 1. The molecule has 1 atom stereocenters. The lowest BCUT2D eigenvalue weighted by Crippen LogP contribution is -2.28. The van der Waals surface area contributed by atoms with Gasteiger partial charge in [-0.25, -0.2) is 0 Å². The van der Waals surface area contributed by atoms with E-state index in [0.29, 0.717) is 12.2 Å². The number of hydrogen-bond acceptors (Lipinski definition) is 3. The van der Waals surface area contributed by atoms with Crippen molar-refractivity contribution in [3.8, 4) is 0 Å². The smallest absolute Gasteiger partial charge is 0.229 e. The largest absolute Gasteiger partial charge is 0.456 e. The standard InChI is InChI=1S/C23H18N2O3/c26-22-12-15(14-25(22)17-6-2-1-3-7-17)23(27)24-16-10-11-19-18-8-4-5-9-20(18)28-21(19)13-16/h1-11,13,15H,12,14H2,(H,24,27)/t15-/m1/s1. The highest BCUT2D eigenvalue weighted by Crippen LogP contribution is 2.31. The number of fused-ring (bicyclic) bond motifs is 3. The first-order chi connectivity index (χ1) is 13.7. The summed E-state index contributed by atoms with van der Waals surface area (Å²) in [7, 11) is 0. The average Bonchev–Trinajstić information content (AvgIpc) is 3.28. The quantitative estimate of drug-likeness (QED) is 0.574. The van der Waals surface area contributed by atoms with Crippen LogP contribution in [-0.2, 0) is 9.59 Å². The molecule has 1 aromatic heterocycles. The molecule has 5 heteroatoms. The molecule has 1 fully saturated rings. The Kier molecular flexibility index (Phi) is 3.86. The van der Waals surface area contributed by atoms with Gasteiger partial charge in [0.25, 0.3) is 0 Å². The van der Waals surface area contributed by atoms with E-state index in [1.807, 2.05) is 72.8 Å². The number of nitrogens with zero attached hydrogens (tertiary/aromatic N) is 1. The Morgan fingerprint density at radius 1 is 0.929 bits per heavy atom. The molecular formula is C23H18N2O3. The fourth-order valence-electron chi connectivity index (χ4n) is 3.79. The Labute approximate surface area is 161 Å². The van der Waals surface area contributed by atoms with Gasteiger partial charge < -0.3 is 14.6 Å². The zero-order valence-electron chi connectivity index (χ0n) is 15.1. The van der Waals surface area contributed by atoms with Gasteiger partial charge in [0.2, 0.25) is 11.8 Å². The number of furan rings is 1. The van der Waals surface area contributed by atoms with Crippen molar-refractivity contribution in [2.24, 2.45) is 5.92 Å². The highest BCUT2D eigenvalue weighted by molar-refractivity contribution is 6.07. The zero-order valence-corrected chi connectivity index (χ0v) is 15.1. The van der Waals surface area contributed by atoms with Crippen LogP contribution < -0.4 is 10.2 Å². The number of hydrogen-bond donors (Lipinski definition) is 1. The molecule has 0 saturated carbocycles. The fourth-order valence-corrected chi connectivity index (χ4v) is 3.79. The maximum Gasteiger partial charge on any atom is 0.229 e. The Morgan fingerprint density at radius 2 is 1.68 bits per heavy atom. The van der Waals surface area contributed by atoms with Gasteiger partial charge in [-0.15, -0.1) is 0 Å².